The van der Waals surface area contributed by atoms with Crippen LogP contribution in [0, 0.1) is 11.6 Å². The number of carbonyl (C=O) groups is 2. The van der Waals surface area contributed by atoms with Crippen molar-refractivity contribution < 1.29 is 23.5 Å². The molecule has 1 aliphatic rings. The van der Waals surface area contributed by atoms with Gasteiger partial charge in [-0.15, -0.1) is 0 Å². The van der Waals surface area contributed by atoms with Crippen molar-refractivity contribution in [2.24, 2.45) is 0 Å². The minimum atomic E-state index is -0.989. The molecule has 0 radical (unpaired) electrons. The minimum absolute atomic E-state index is 0.168. The van der Waals surface area contributed by atoms with E-state index in [1.165, 1.54) is 0 Å². The van der Waals surface area contributed by atoms with E-state index in [9.17, 15) is 18.4 Å². The molecule has 1 aliphatic heterocycles. The molecule has 20 heavy (non-hydrogen) atoms. The summed E-state index contributed by atoms with van der Waals surface area (Å²) < 4.78 is 26.5. The second kappa shape index (κ2) is 5.56. The lowest BCUT2D eigenvalue weighted by molar-refractivity contribution is -0.137. The average Bonchev–Trinajstić information content (AvgIpc) is 2.62. The van der Waals surface area contributed by atoms with Crippen molar-refractivity contribution in [3.05, 3.63) is 40.6 Å². The predicted molar refractivity (Wildman–Crippen MR) is 66.9 cm³/mol. The van der Waals surface area contributed by atoms with E-state index in [4.69, 9.17) is 16.7 Å². The number of carbonyl (C=O) groups excluding carboxylic acids is 2. The van der Waals surface area contributed by atoms with E-state index in [1.54, 1.807) is 0 Å². The highest BCUT2D eigenvalue weighted by atomic mass is 35.5. The minimum Gasteiger partial charge on any atom is -0.395 e. The summed E-state index contributed by atoms with van der Waals surface area (Å²) in [5, 5.41) is 10.9. The largest absolute Gasteiger partial charge is 0.395 e. The summed E-state index contributed by atoms with van der Waals surface area (Å²) in [5.74, 6) is -3.20. The van der Waals surface area contributed by atoms with Crippen LogP contribution in [0.2, 0.25) is 5.02 Å². The molecule has 8 heteroatoms. The molecule has 5 nitrogen and oxygen atoms in total. The molecule has 106 valence electrons. The van der Waals surface area contributed by atoms with Crippen molar-refractivity contribution >= 4 is 29.1 Å². The van der Waals surface area contributed by atoms with Gasteiger partial charge in [0, 0.05) is 12.1 Å². The fraction of sp³-hybridized carbons (Fsp3) is 0.167. The average molecular weight is 303 g/mol. The molecule has 0 aromatic heterocycles. The third kappa shape index (κ3) is 2.63. The lowest BCUT2D eigenvalue weighted by Crippen LogP contribution is -2.34. The van der Waals surface area contributed by atoms with E-state index in [0.717, 1.165) is 17.0 Å². The molecular formula is C12H9ClF2N2O3. The standard InChI is InChI=1S/C12H9ClF2N2O3/c13-7-3-6(14)4-8(15)11(7)16-9-5-10(19)17(1-2-18)12(9)20/h3-5,16,18H,1-2H2. The van der Waals surface area contributed by atoms with Crippen molar-refractivity contribution in [1.29, 1.82) is 0 Å². The lowest BCUT2D eigenvalue weighted by atomic mass is 10.2. The van der Waals surface area contributed by atoms with Crippen LogP contribution in [0.3, 0.4) is 0 Å². The SMILES string of the molecule is O=C1C=C(Nc2c(F)cc(F)cc2Cl)C(=O)N1CCO. The van der Waals surface area contributed by atoms with E-state index < -0.39 is 23.4 Å². The third-order valence-electron chi connectivity index (χ3n) is 2.60. The van der Waals surface area contributed by atoms with Crippen LogP contribution >= 0.6 is 11.6 Å². The van der Waals surface area contributed by atoms with Crippen LogP contribution in [0.4, 0.5) is 14.5 Å². The summed E-state index contributed by atoms with van der Waals surface area (Å²) >= 11 is 5.68. The van der Waals surface area contributed by atoms with Gasteiger partial charge in [0.05, 0.1) is 23.9 Å². The van der Waals surface area contributed by atoms with E-state index in [-0.39, 0.29) is 29.6 Å². The van der Waals surface area contributed by atoms with Crippen LogP contribution in [0.5, 0.6) is 0 Å². The third-order valence-corrected chi connectivity index (χ3v) is 2.90. The quantitative estimate of drug-likeness (QED) is 0.822. The van der Waals surface area contributed by atoms with Gasteiger partial charge >= 0.3 is 0 Å². The predicted octanol–water partition coefficient (Wildman–Crippen LogP) is 1.28. The zero-order valence-corrected chi connectivity index (χ0v) is 10.7. The van der Waals surface area contributed by atoms with Gasteiger partial charge < -0.3 is 10.4 Å². The molecule has 0 unspecified atom stereocenters. The summed E-state index contributed by atoms with van der Waals surface area (Å²) in [4.78, 5) is 24.1. The topological polar surface area (TPSA) is 69.6 Å². The van der Waals surface area contributed by atoms with Crippen LogP contribution in [0.15, 0.2) is 23.9 Å². The van der Waals surface area contributed by atoms with Crippen LogP contribution < -0.4 is 5.32 Å². The number of β-amino-alcohol motifs (C(OH)–C–C–N with tert-alkyl or cyclic N) is 1. The summed E-state index contributed by atoms with van der Waals surface area (Å²) in [7, 11) is 0. The van der Waals surface area contributed by atoms with Gasteiger partial charge in [-0.2, -0.15) is 0 Å². The first-order chi connectivity index (χ1) is 9.43. The number of aliphatic hydroxyl groups is 1. The van der Waals surface area contributed by atoms with Gasteiger partial charge in [-0.1, -0.05) is 11.6 Å². The van der Waals surface area contributed by atoms with Crippen LogP contribution in [0.1, 0.15) is 0 Å². The Balaban J connectivity index is 2.26. The number of hydrogen-bond acceptors (Lipinski definition) is 4. The van der Waals surface area contributed by atoms with Crippen molar-refractivity contribution in [3.8, 4) is 0 Å². The van der Waals surface area contributed by atoms with Crippen LogP contribution in [-0.2, 0) is 9.59 Å². The highest BCUT2D eigenvalue weighted by Gasteiger charge is 2.31. The van der Waals surface area contributed by atoms with E-state index in [0.29, 0.717) is 6.07 Å². The Morgan fingerprint density at radius 3 is 2.60 bits per heavy atom. The summed E-state index contributed by atoms with van der Waals surface area (Å²) in [6.07, 6.45) is 0.955. The summed E-state index contributed by atoms with van der Waals surface area (Å²) in [6, 6.07) is 1.47. The Hall–Kier alpha value is -1.99. The summed E-state index contributed by atoms with van der Waals surface area (Å²) in [6.45, 7) is -0.552. The first kappa shape index (κ1) is 14.4. The zero-order valence-electron chi connectivity index (χ0n) is 9.99. The smallest absolute Gasteiger partial charge is 0.277 e. The highest BCUT2D eigenvalue weighted by molar-refractivity contribution is 6.33. The number of aliphatic hydroxyl groups excluding tert-OH is 1. The number of nitrogens with zero attached hydrogens (tertiary/aromatic N) is 1. The van der Waals surface area contributed by atoms with Gasteiger partial charge in [0.15, 0.2) is 5.82 Å². The molecule has 2 rings (SSSR count). The molecule has 0 bridgehead atoms. The number of halogens is 3. The molecule has 1 aromatic rings. The molecule has 1 aromatic carbocycles. The monoisotopic (exact) mass is 302 g/mol. The second-order valence-corrected chi connectivity index (χ2v) is 4.35. The fourth-order valence-electron chi connectivity index (χ4n) is 1.71. The van der Waals surface area contributed by atoms with Crippen molar-refractivity contribution in [3.63, 3.8) is 0 Å². The number of anilines is 1. The molecule has 0 spiro atoms. The lowest BCUT2D eigenvalue weighted by Gasteiger charge is -2.14. The van der Waals surface area contributed by atoms with Crippen LogP contribution in [0.25, 0.3) is 0 Å². The molecule has 0 saturated carbocycles. The second-order valence-electron chi connectivity index (χ2n) is 3.95. The molecule has 2 amide bonds. The van der Waals surface area contributed by atoms with Crippen molar-refractivity contribution in [1.82, 2.24) is 4.90 Å². The highest BCUT2D eigenvalue weighted by Crippen LogP contribution is 2.28. The maximum Gasteiger partial charge on any atom is 0.277 e. The first-order valence-corrected chi connectivity index (χ1v) is 5.91. The summed E-state index contributed by atoms with van der Waals surface area (Å²) in [5.41, 5.74) is -0.498. The number of hydrogen-bond donors (Lipinski definition) is 2. The number of imide groups is 1. The molecule has 0 atom stereocenters. The van der Waals surface area contributed by atoms with E-state index >= 15 is 0 Å². The fourth-order valence-corrected chi connectivity index (χ4v) is 1.95. The van der Waals surface area contributed by atoms with Gasteiger partial charge in [-0.05, 0) is 6.07 Å². The Bertz CT molecular complexity index is 596. The van der Waals surface area contributed by atoms with E-state index in [2.05, 4.69) is 5.32 Å². The maximum absolute atomic E-state index is 13.6. The molecule has 0 aliphatic carbocycles. The first-order valence-electron chi connectivity index (χ1n) is 5.54. The van der Waals surface area contributed by atoms with Gasteiger partial charge in [0.1, 0.15) is 11.5 Å². The van der Waals surface area contributed by atoms with E-state index in [1.807, 2.05) is 0 Å². The molecule has 0 saturated heterocycles. The number of amides is 2. The Morgan fingerprint density at radius 2 is 2.00 bits per heavy atom. The zero-order chi connectivity index (χ0) is 14.9. The normalized spacial score (nSPS) is 14.8. The van der Waals surface area contributed by atoms with Gasteiger partial charge in [-0.25, -0.2) is 8.78 Å². The van der Waals surface area contributed by atoms with Crippen molar-refractivity contribution in [2.75, 3.05) is 18.5 Å². The van der Waals surface area contributed by atoms with Gasteiger partial charge in [-0.3, -0.25) is 14.5 Å². The Labute approximate surface area is 117 Å². The van der Waals surface area contributed by atoms with Gasteiger partial charge in [0.25, 0.3) is 11.8 Å². The molecule has 1 heterocycles. The molecular weight excluding hydrogens is 294 g/mol. The van der Waals surface area contributed by atoms with Crippen molar-refractivity contribution in [2.45, 2.75) is 0 Å². The number of nitrogens with one attached hydrogen (secondary N) is 1. The Morgan fingerprint density at radius 1 is 1.30 bits per heavy atom. The molecule has 0 fully saturated rings. The Kier molecular flexibility index (Phi) is 4.01. The maximum atomic E-state index is 13.6. The van der Waals surface area contributed by atoms with Gasteiger partial charge in [0.2, 0.25) is 0 Å². The number of benzene rings is 1. The van der Waals surface area contributed by atoms with Crippen LogP contribution in [-0.4, -0.2) is 35.0 Å². The number of rotatable bonds is 4. The molecule has 2 N–H and O–H groups in total.